The lowest BCUT2D eigenvalue weighted by Crippen LogP contribution is -2.41. The van der Waals surface area contributed by atoms with E-state index in [1.54, 1.807) is 0 Å². The van der Waals surface area contributed by atoms with Gasteiger partial charge in [0.2, 0.25) is 5.91 Å². The third kappa shape index (κ3) is 4.16. The van der Waals surface area contributed by atoms with Crippen molar-refractivity contribution in [3.05, 3.63) is 52.8 Å². The van der Waals surface area contributed by atoms with Gasteiger partial charge in [0.15, 0.2) is 5.82 Å². The van der Waals surface area contributed by atoms with E-state index >= 15 is 0 Å². The van der Waals surface area contributed by atoms with Gasteiger partial charge < -0.3 is 10.2 Å². The summed E-state index contributed by atoms with van der Waals surface area (Å²) in [5.41, 5.74) is 5.84. The predicted molar refractivity (Wildman–Crippen MR) is 125 cm³/mol. The Morgan fingerprint density at radius 1 is 1.16 bits per heavy atom. The van der Waals surface area contributed by atoms with E-state index in [1.807, 2.05) is 23.9 Å². The molecule has 3 aromatic rings. The molecule has 164 valence electrons. The molecule has 1 atom stereocenters. The topological polar surface area (TPSA) is 63.1 Å². The van der Waals surface area contributed by atoms with Crippen LogP contribution in [0.1, 0.15) is 55.1 Å². The van der Waals surface area contributed by atoms with Crippen LogP contribution in [0, 0.1) is 26.7 Å². The van der Waals surface area contributed by atoms with Gasteiger partial charge in [0.1, 0.15) is 5.52 Å². The number of carbonyl (C=O) groups excluding carboxylic acids is 1. The first-order valence-electron chi connectivity index (χ1n) is 11.3. The van der Waals surface area contributed by atoms with Crippen LogP contribution in [0.4, 0.5) is 5.82 Å². The molecule has 0 bridgehead atoms. The van der Waals surface area contributed by atoms with E-state index in [2.05, 4.69) is 61.2 Å². The molecule has 1 aliphatic heterocycles. The number of nitrogens with one attached hydrogen (secondary N) is 1. The number of pyridine rings is 1. The van der Waals surface area contributed by atoms with E-state index < -0.39 is 0 Å². The zero-order valence-electron chi connectivity index (χ0n) is 19.3. The highest BCUT2D eigenvalue weighted by atomic mass is 16.1. The van der Waals surface area contributed by atoms with Crippen LogP contribution in [0.15, 0.2) is 30.5 Å². The zero-order valence-corrected chi connectivity index (χ0v) is 19.3. The van der Waals surface area contributed by atoms with Crippen LogP contribution in [0.5, 0.6) is 0 Å². The summed E-state index contributed by atoms with van der Waals surface area (Å²) in [7, 11) is 0. The van der Waals surface area contributed by atoms with Crippen molar-refractivity contribution in [2.24, 2.45) is 5.92 Å². The lowest BCUT2D eigenvalue weighted by molar-refractivity contribution is -0.126. The number of anilines is 1. The Morgan fingerprint density at radius 2 is 1.90 bits per heavy atom. The van der Waals surface area contributed by atoms with Gasteiger partial charge in [0.25, 0.3) is 0 Å². The van der Waals surface area contributed by atoms with Crippen molar-refractivity contribution in [3.8, 4) is 0 Å². The molecule has 31 heavy (non-hydrogen) atoms. The first kappa shape index (κ1) is 21.3. The number of hydrogen-bond acceptors (Lipinski definition) is 4. The van der Waals surface area contributed by atoms with Crippen molar-refractivity contribution >= 4 is 22.6 Å². The molecular weight excluding hydrogens is 386 g/mol. The van der Waals surface area contributed by atoms with Gasteiger partial charge in [-0.25, -0.2) is 4.98 Å². The van der Waals surface area contributed by atoms with E-state index in [9.17, 15) is 4.79 Å². The van der Waals surface area contributed by atoms with Gasteiger partial charge in [-0.05, 0) is 70.2 Å². The average Bonchev–Trinajstić information content (AvgIpc) is 3.11. The fraction of sp³-hybridized carbons (Fsp3) is 0.480. The maximum absolute atomic E-state index is 12.9. The van der Waals surface area contributed by atoms with Gasteiger partial charge >= 0.3 is 0 Å². The third-order valence-corrected chi connectivity index (χ3v) is 6.68. The molecular formula is C25H33N5O. The molecule has 0 spiro atoms. The maximum Gasteiger partial charge on any atom is 0.223 e. The van der Waals surface area contributed by atoms with Crippen molar-refractivity contribution in [2.75, 3.05) is 18.0 Å². The number of nitrogens with zero attached hydrogens (tertiary/aromatic N) is 4. The normalized spacial score (nSPS) is 16.0. The highest BCUT2D eigenvalue weighted by Crippen LogP contribution is 2.30. The molecule has 4 rings (SSSR count). The molecule has 1 saturated heterocycles. The van der Waals surface area contributed by atoms with Crippen LogP contribution in [-0.4, -0.2) is 33.8 Å². The van der Waals surface area contributed by atoms with E-state index in [4.69, 9.17) is 4.98 Å². The minimum Gasteiger partial charge on any atom is -0.355 e. The van der Waals surface area contributed by atoms with E-state index in [0.29, 0.717) is 0 Å². The van der Waals surface area contributed by atoms with Crippen LogP contribution in [0.25, 0.3) is 10.9 Å². The van der Waals surface area contributed by atoms with Gasteiger partial charge in [-0.2, -0.15) is 5.10 Å². The van der Waals surface area contributed by atoms with Crippen molar-refractivity contribution in [1.82, 2.24) is 20.1 Å². The molecule has 1 aromatic carbocycles. The van der Waals surface area contributed by atoms with Crippen LogP contribution in [0.3, 0.4) is 0 Å². The number of carbonyl (C=O) groups is 1. The third-order valence-electron chi connectivity index (χ3n) is 6.68. The largest absolute Gasteiger partial charge is 0.355 e. The van der Waals surface area contributed by atoms with Gasteiger partial charge in [-0.15, -0.1) is 0 Å². The molecule has 0 radical (unpaired) electrons. The number of aromatic nitrogens is 3. The summed E-state index contributed by atoms with van der Waals surface area (Å²) >= 11 is 0. The van der Waals surface area contributed by atoms with E-state index in [1.165, 1.54) is 11.1 Å². The van der Waals surface area contributed by atoms with Crippen LogP contribution < -0.4 is 10.2 Å². The SMILES string of the molecule is CCn1nc(C)c2ccnc(N3CCC(C(=O)N[C@H](C)c4ccc(C)c(C)c4)CC3)c21. The zero-order chi connectivity index (χ0) is 22.1. The monoisotopic (exact) mass is 419 g/mol. The Balaban J connectivity index is 1.42. The molecule has 0 unspecified atom stereocenters. The molecule has 1 N–H and O–H groups in total. The van der Waals surface area contributed by atoms with Gasteiger partial charge in [-0.1, -0.05) is 18.2 Å². The second-order valence-electron chi connectivity index (χ2n) is 8.77. The molecule has 6 nitrogen and oxygen atoms in total. The second-order valence-corrected chi connectivity index (χ2v) is 8.77. The molecule has 1 amide bonds. The average molecular weight is 420 g/mol. The van der Waals surface area contributed by atoms with Crippen LogP contribution >= 0.6 is 0 Å². The predicted octanol–water partition coefficient (Wildman–Crippen LogP) is 4.47. The molecule has 2 aromatic heterocycles. The minimum atomic E-state index is 0.0159. The molecule has 0 saturated carbocycles. The Kier molecular flexibility index (Phi) is 5.99. The first-order valence-corrected chi connectivity index (χ1v) is 11.3. The maximum atomic E-state index is 12.9. The van der Waals surface area contributed by atoms with Gasteiger partial charge in [0.05, 0.1) is 11.7 Å². The number of hydrogen-bond donors (Lipinski definition) is 1. The number of rotatable bonds is 5. The fourth-order valence-corrected chi connectivity index (χ4v) is 4.54. The molecule has 1 aliphatic rings. The summed E-state index contributed by atoms with van der Waals surface area (Å²) in [6.07, 6.45) is 3.54. The Labute approximate surface area is 184 Å². The van der Waals surface area contributed by atoms with Gasteiger partial charge in [-0.3, -0.25) is 9.48 Å². The first-order chi connectivity index (χ1) is 14.9. The Hall–Kier alpha value is -2.89. The van der Waals surface area contributed by atoms with Crippen molar-refractivity contribution in [1.29, 1.82) is 0 Å². The van der Waals surface area contributed by atoms with Gasteiger partial charge in [0, 0.05) is 37.1 Å². The van der Waals surface area contributed by atoms with Crippen molar-refractivity contribution < 1.29 is 4.79 Å². The second kappa shape index (κ2) is 8.69. The number of benzene rings is 1. The molecule has 1 fully saturated rings. The summed E-state index contributed by atoms with van der Waals surface area (Å²) in [5, 5.41) is 9.06. The summed E-state index contributed by atoms with van der Waals surface area (Å²) in [6.45, 7) is 12.9. The van der Waals surface area contributed by atoms with Crippen molar-refractivity contribution in [3.63, 3.8) is 0 Å². The fourth-order valence-electron chi connectivity index (χ4n) is 4.54. The summed E-state index contributed by atoms with van der Waals surface area (Å²) in [5.74, 6) is 1.19. The smallest absolute Gasteiger partial charge is 0.223 e. The number of piperidine rings is 1. The van der Waals surface area contributed by atoms with E-state index in [-0.39, 0.29) is 17.9 Å². The van der Waals surface area contributed by atoms with Crippen LogP contribution in [-0.2, 0) is 11.3 Å². The lowest BCUT2D eigenvalue weighted by atomic mass is 9.94. The Bertz CT molecular complexity index is 1090. The number of aryl methyl sites for hydroxylation is 4. The summed E-state index contributed by atoms with van der Waals surface area (Å²) in [6, 6.07) is 8.47. The quantitative estimate of drug-likeness (QED) is 0.663. The summed E-state index contributed by atoms with van der Waals surface area (Å²) < 4.78 is 2.04. The summed E-state index contributed by atoms with van der Waals surface area (Å²) in [4.78, 5) is 19.9. The molecule has 0 aliphatic carbocycles. The number of fused-ring (bicyclic) bond motifs is 1. The lowest BCUT2D eigenvalue weighted by Gasteiger charge is -2.33. The molecule has 6 heteroatoms. The highest BCUT2D eigenvalue weighted by Gasteiger charge is 2.28. The number of amides is 1. The highest BCUT2D eigenvalue weighted by molar-refractivity contribution is 5.91. The minimum absolute atomic E-state index is 0.0159. The van der Waals surface area contributed by atoms with Crippen molar-refractivity contribution in [2.45, 2.75) is 60.0 Å². The Morgan fingerprint density at radius 3 is 2.58 bits per heavy atom. The molecule has 3 heterocycles. The van der Waals surface area contributed by atoms with E-state index in [0.717, 1.165) is 60.5 Å². The van der Waals surface area contributed by atoms with Crippen LogP contribution in [0.2, 0.25) is 0 Å². The standard InChI is InChI=1S/C25H33N5O/c1-6-30-23-22(19(5)28-30)9-12-26-24(23)29-13-10-20(11-14-29)25(31)27-18(4)21-8-7-16(2)17(3)15-21/h7-9,12,15,18,20H,6,10-11,13-14H2,1-5H3,(H,27,31)/t18-/m1/s1.